The van der Waals surface area contributed by atoms with Crippen molar-refractivity contribution in [1.29, 1.82) is 0 Å². The molecule has 1 N–H and O–H groups in total. The molecule has 1 aliphatic rings. The van der Waals surface area contributed by atoms with Crippen LogP contribution < -0.4 is 4.90 Å². The van der Waals surface area contributed by atoms with E-state index in [-0.39, 0.29) is 18.0 Å². The van der Waals surface area contributed by atoms with Gasteiger partial charge in [0.1, 0.15) is 10.7 Å². The number of aryl methyl sites for hydroxylation is 1. The van der Waals surface area contributed by atoms with Crippen LogP contribution in [0.1, 0.15) is 5.56 Å². The Kier molecular flexibility index (Phi) is 4.16. The topological polar surface area (TPSA) is 69.3 Å². The molecule has 6 nitrogen and oxygen atoms in total. The second-order valence-corrected chi connectivity index (χ2v) is 8.31. The van der Waals surface area contributed by atoms with Crippen molar-refractivity contribution >= 4 is 27.0 Å². The molecule has 0 aliphatic carbocycles. The molecule has 0 amide bonds. The maximum Gasteiger partial charge on any atom is 0.246 e. The zero-order valence-electron chi connectivity index (χ0n) is 14.3. The number of nitrogens with one attached hydrogen (secondary N) is 1. The summed E-state index contributed by atoms with van der Waals surface area (Å²) in [5, 5.41) is 0. The fourth-order valence-corrected chi connectivity index (χ4v) is 4.68. The second-order valence-electron chi connectivity index (χ2n) is 6.40. The molecule has 1 aliphatic heterocycles. The molecule has 3 aromatic rings. The lowest BCUT2D eigenvalue weighted by molar-refractivity contribution is 0.380. The first-order chi connectivity index (χ1) is 12.4. The molecule has 2 aromatic carbocycles. The van der Waals surface area contributed by atoms with E-state index in [1.807, 2.05) is 30.0 Å². The molecule has 1 aromatic heterocycles. The molecule has 136 valence electrons. The molecule has 0 spiro atoms. The Morgan fingerprint density at radius 3 is 2.54 bits per heavy atom. The van der Waals surface area contributed by atoms with Crippen LogP contribution in [0.5, 0.6) is 0 Å². The first kappa shape index (κ1) is 17.0. The summed E-state index contributed by atoms with van der Waals surface area (Å²) in [6.07, 6.45) is 0. The van der Waals surface area contributed by atoms with E-state index >= 15 is 0 Å². The van der Waals surface area contributed by atoms with Gasteiger partial charge in [0.15, 0.2) is 0 Å². The maximum atomic E-state index is 13.9. The number of nitrogens with zero attached hydrogens (tertiary/aromatic N) is 3. The van der Waals surface area contributed by atoms with E-state index in [0.717, 1.165) is 22.5 Å². The first-order valence-electron chi connectivity index (χ1n) is 8.41. The summed E-state index contributed by atoms with van der Waals surface area (Å²) in [6.45, 7) is 3.57. The lowest BCUT2D eigenvalue weighted by atomic mass is 10.2. The highest BCUT2D eigenvalue weighted by molar-refractivity contribution is 7.89. The summed E-state index contributed by atoms with van der Waals surface area (Å²) in [7, 11) is -3.83. The number of rotatable bonds is 3. The smallest absolute Gasteiger partial charge is 0.246 e. The molecule has 0 atom stereocenters. The minimum absolute atomic E-state index is 0.271. The number of halogens is 1. The summed E-state index contributed by atoms with van der Waals surface area (Å²) in [5.41, 5.74) is 2.99. The van der Waals surface area contributed by atoms with E-state index in [0.29, 0.717) is 13.1 Å². The number of hydrogen-bond donors (Lipinski definition) is 1. The highest BCUT2D eigenvalue weighted by Gasteiger charge is 2.31. The number of aromatic nitrogens is 2. The van der Waals surface area contributed by atoms with Gasteiger partial charge in [-0.05, 0) is 36.8 Å². The number of anilines is 1. The van der Waals surface area contributed by atoms with Crippen molar-refractivity contribution in [3.63, 3.8) is 0 Å². The molecular formula is C18H19FN4O2S. The van der Waals surface area contributed by atoms with Gasteiger partial charge >= 0.3 is 0 Å². The fourth-order valence-electron chi connectivity index (χ4n) is 3.19. The monoisotopic (exact) mass is 374 g/mol. The molecule has 0 unspecified atom stereocenters. The molecule has 26 heavy (non-hydrogen) atoms. The zero-order chi connectivity index (χ0) is 18.3. The summed E-state index contributed by atoms with van der Waals surface area (Å²) >= 11 is 0. The van der Waals surface area contributed by atoms with Crippen molar-refractivity contribution in [2.45, 2.75) is 11.8 Å². The molecule has 0 saturated carbocycles. The van der Waals surface area contributed by atoms with E-state index < -0.39 is 15.8 Å². The Labute approximate surface area is 151 Å². The van der Waals surface area contributed by atoms with Crippen molar-refractivity contribution in [3.8, 4) is 0 Å². The van der Waals surface area contributed by atoms with Gasteiger partial charge in [-0.15, -0.1) is 0 Å². The van der Waals surface area contributed by atoms with Crippen LogP contribution in [0.2, 0.25) is 0 Å². The van der Waals surface area contributed by atoms with Crippen LogP contribution in [0.3, 0.4) is 0 Å². The molecule has 4 rings (SSSR count). The number of fused-ring (bicyclic) bond motifs is 1. The third-order valence-corrected chi connectivity index (χ3v) is 6.55. The average molecular weight is 374 g/mol. The zero-order valence-corrected chi connectivity index (χ0v) is 15.1. The number of imidazole rings is 1. The summed E-state index contributed by atoms with van der Waals surface area (Å²) in [4.78, 5) is 9.61. The lowest BCUT2D eigenvalue weighted by Gasteiger charge is -2.33. The molecule has 2 heterocycles. The third kappa shape index (κ3) is 2.95. The molecule has 1 saturated heterocycles. The van der Waals surface area contributed by atoms with Crippen molar-refractivity contribution in [1.82, 2.24) is 14.3 Å². The van der Waals surface area contributed by atoms with Crippen molar-refractivity contribution in [2.24, 2.45) is 0 Å². The van der Waals surface area contributed by atoms with Gasteiger partial charge in [-0.2, -0.15) is 4.31 Å². The SMILES string of the molecule is Cc1ccc2nc(N3CCN(S(=O)(=O)c4ccccc4F)CC3)[nH]c2c1. The number of piperazine rings is 1. The molecule has 0 radical (unpaired) electrons. The average Bonchev–Trinajstić information content (AvgIpc) is 3.05. The summed E-state index contributed by atoms with van der Waals surface area (Å²) in [6, 6.07) is 11.5. The predicted molar refractivity (Wildman–Crippen MR) is 98.2 cm³/mol. The largest absolute Gasteiger partial charge is 0.340 e. The number of benzene rings is 2. The highest BCUT2D eigenvalue weighted by Crippen LogP contribution is 2.23. The minimum atomic E-state index is -3.83. The number of aromatic amines is 1. The normalized spacial score (nSPS) is 16.3. The first-order valence-corrected chi connectivity index (χ1v) is 9.85. The Morgan fingerprint density at radius 2 is 1.81 bits per heavy atom. The van der Waals surface area contributed by atoms with Crippen LogP contribution in [0.15, 0.2) is 47.4 Å². The standard InChI is InChI=1S/C18H19FN4O2S/c1-13-6-7-15-16(12-13)21-18(20-15)22-8-10-23(11-9-22)26(24,25)17-5-3-2-4-14(17)19/h2-7,12H,8-11H2,1H3,(H,20,21). The van der Waals surface area contributed by atoms with Crippen LogP contribution in [0.25, 0.3) is 11.0 Å². The van der Waals surface area contributed by atoms with Gasteiger partial charge in [-0.1, -0.05) is 18.2 Å². The van der Waals surface area contributed by atoms with Gasteiger partial charge in [0.25, 0.3) is 0 Å². The molecule has 8 heteroatoms. The van der Waals surface area contributed by atoms with Crippen LogP contribution in [0, 0.1) is 12.7 Å². The van der Waals surface area contributed by atoms with E-state index in [9.17, 15) is 12.8 Å². The third-order valence-electron chi connectivity index (χ3n) is 4.62. The van der Waals surface area contributed by atoms with Crippen LogP contribution in [-0.4, -0.2) is 48.9 Å². The van der Waals surface area contributed by atoms with E-state index in [2.05, 4.69) is 9.97 Å². The van der Waals surface area contributed by atoms with Gasteiger partial charge < -0.3 is 9.88 Å². The van der Waals surface area contributed by atoms with Crippen molar-refractivity contribution in [2.75, 3.05) is 31.1 Å². The summed E-state index contributed by atoms with van der Waals surface area (Å²) < 4.78 is 40.6. The molecule has 1 fully saturated rings. The van der Waals surface area contributed by atoms with Gasteiger partial charge in [0.2, 0.25) is 16.0 Å². The van der Waals surface area contributed by atoms with Gasteiger partial charge in [-0.3, -0.25) is 0 Å². The summed E-state index contributed by atoms with van der Waals surface area (Å²) in [5.74, 6) is 0.0103. The Bertz CT molecular complexity index is 1060. The van der Waals surface area contributed by atoms with Gasteiger partial charge in [0.05, 0.1) is 11.0 Å². The van der Waals surface area contributed by atoms with E-state index in [4.69, 9.17) is 0 Å². The van der Waals surface area contributed by atoms with Crippen molar-refractivity contribution < 1.29 is 12.8 Å². The number of H-pyrrole nitrogens is 1. The second kappa shape index (κ2) is 6.37. The fraction of sp³-hybridized carbons (Fsp3) is 0.278. The number of hydrogen-bond acceptors (Lipinski definition) is 4. The van der Waals surface area contributed by atoms with Crippen LogP contribution in [-0.2, 0) is 10.0 Å². The lowest BCUT2D eigenvalue weighted by Crippen LogP contribution is -2.49. The molecule has 0 bridgehead atoms. The van der Waals surface area contributed by atoms with Gasteiger partial charge in [0, 0.05) is 26.2 Å². The van der Waals surface area contributed by atoms with Crippen LogP contribution >= 0.6 is 0 Å². The van der Waals surface area contributed by atoms with Crippen LogP contribution in [0.4, 0.5) is 10.3 Å². The predicted octanol–water partition coefficient (Wildman–Crippen LogP) is 2.52. The number of sulfonamides is 1. The Morgan fingerprint density at radius 1 is 1.08 bits per heavy atom. The van der Waals surface area contributed by atoms with E-state index in [1.165, 1.54) is 28.6 Å². The maximum absolute atomic E-state index is 13.9. The van der Waals surface area contributed by atoms with Crippen molar-refractivity contribution in [3.05, 3.63) is 53.8 Å². The van der Waals surface area contributed by atoms with Gasteiger partial charge in [-0.25, -0.2) is 17.8 Å². The highest BCUT2D eigenvalue weighted by atomic mass is 32.2. The van der Waals surface area contributed by atoms with E-state index in [1.54, 1.807) is 0 Å². The Hall–Kier alpha value is -2.45. The minimum Gasteiger partial charge on any atom is -0.340 e. The quantitative estimate of drug-likeness (QED) is 0.765. The Balaban J connectivity index is 1.52. The molecular weight excluding hydrogens is 355 g/mol.